The SMILES string of the molecule is CC(C)NC[C@@H](O)C(=O)c1ccc(CC(=O)O)c2c1[nH]c1ccccc12. The van der Waals surface area contributed by atoms with Crippen LogP contribution in [0.3, 0.4) is 0 Å². The lowest BCUT2D eigenvalue weighted by molar-refractivity contribution is -0.136. The number of hydrogen-bond donors (Lipinski definition) is 4. The van der Waals surface area contributed by atoms with Crippen LogP contribution in [0.1, 0.15) is 29.8 Å². The van der Waals surface area contributed by atoms with Gasteiger partial charge in [-0.15, -0.1) is 0 Å². The number of benzene rings is 2. The van der Waals surface area contributed by atoms with E-state index in [-0.39, 0.29) is 19.0 Å². The molecule has 1 heterocycles. The smallest absolute Gasteiger partial charge is 0.307 e. The van der Waals surface area contributed by atoms with Gasteiger partial charge >= 0.3 is 5.97 Å². The third-order valence-electron chi connectivity index (χ3n) is 4.38. The number of aliphatic carboxylic acids is 1. The number of hydrogen-bond acceptors (Lipinski definition) is 4. The second kappa shape index (κ2) is 7.27. The fourth-order valence-corrected chi connectivity index (χ4v) is 3.16. The summed E-state index contributed by atoms with van der Waals surface area (Å²) >= 11 is 0. The van der Waals surface area contributed by atoms with Crippen molar-refractivity contribution in [1.29, 1.82) is 0 Å². The monoisotopic (exact) mass is 354 g/mol. The van der Waals surface area contributed by atoms with Gasteiger partial charge in [-0.05, 0) is 17.7 Å². The first-order valence-electron chi connectivity index (χ1n) is 8.58. The zero-order valence-corrected chi connectivity index (χ0v) is 14.7. The number of aliphatic hydroxyl groups is 1. The number of aromatic amines is 1. The van der Waals surface area contributed by atoms with Crippen LogP contribution in [-0.2, 0) is 11.2 Å². The Labute approximate surface area is 150 Å². The predicted octanol–water partition coefficient (Wildman–Crippen LogP) is 2.49. The lowest BCUT2D eigenvalue weighted by Crippen LogP contribution is -2.36. The Balaban J connectivity index is 2.12. The van der Waals surface area contributed by atoms with Gasteiger partial charge in [-0.3, -0.25) is 9.59 Å². The predicted molar refractivity (Wildman–Crippen MR) is 101 cm³/mol. The summed E-state index contributed by atoms with van der Waals surface area (Å²) in [5, 5.41) is 24.1. The van der Waals surface area contributed by atoms with E-state index in [9.17, 15) is 19.8 Å². The first-order valence-corrected chi connectivity index (χ1v) is 8.58. The molecular formula is C20H22N2O4. The van der Waals surface area contributed by atoms with E-state index in [4.69, 9.17) is 0 Å². The van der Waals surface area contributed by atoms with Crippen molar-refractivity contribution in [3.63, 3.8) is 0 Å². The van der Waals surface area contributed by atoms with Crippen molar-refractivity contribution < 1.29 is 19.8 Å². The van der Waals surface area contributed by atoms with Crippen LogP contribution in [-0.4, -0.2) is 45.6 Å². The number of H-pyrrole nitrogens is 1. The second-order valence-corrected chi connectivity index (χ2v) is 6.71. The number of carbonyl (C=O) groups excluding carboxylic acids is 1. The van der Waals surface area contributed by atoms with Crippen LogP contribution in [0.15, 0.2) is 36.4 Å². The zero-order chi connectivity index (χ0) is 18.8. The highest BCUT2D eigenvalue weighted by Crippen LogP contribution is 2.31. The van der Waals surface area contributed by atoms with Crippen molar-refractivity contribution in [2.45, 2.75) is 32.4 Å². The molecule has 0 amide bonds. The average molecular weight is 354 g/mol. The normalized spacial score (nSPS) is 12.8. The van der Waals surface area contributed by atoms with Gasteiger partial charge in [-0.2, -0.15) is 0 Å². The molecule has 6 heteroatoms. The van der Waals surface area contributed by atoms with Gasteiger partial charge in [0.05, 0.1) is 11.9 Å². The van der Waals surface area contributed by atoms with E-state index in [0.29, 0.717) is 16.6 Å². The zero-order valence-electron chi connectivity index (χ0n) is 14.7. The summed E-state index contributed by atoms with van der Waals surface area (Å²) < 4.78 is 0. The molecular weight excluding hydrogens is 332 g/mol. The first-order chi connectivity index (χ1) is 12.4. The number of aromatic nitrogens is 1. The van der Waals surface area contributed by atoms with E-state index in [1.807, 2.05) is 38.1 Å². The van der Waals surface area contributed by atoms with Crippen molar-refractivity contribution >= 4 is 33.6 Å². The summed E-state index contributed by atoms with van der Waals surface area (Å²) in [4.78, 5) is 27.2. The van der Waals surface area contributed by atoms with Gasteiger partial charge in [0.15, 0.2) is 5.78 Å². The Morgan fingerprint density at radius 2 is 1.88 bits per heavy atom. The number of rotatable bonds is 7. The highest BCUT2D eigenvalue weighted by atomic mass is 16.4. The molecule has 26 heavy (non-hydrogen) atoms. The fourth-order valence-electron chi connectivity index (χ4n) is 3.16. The number of aliphatic hydroxyl groups excluding tert-OH is 1. The van der Waals surface area contributed by atoms with Gasteiger partial charge in [0.2, 0.25) is 0 Å². The fraction of sp³-hybridized carbons (Fsp3) is 0.300. The molecule has 0 saturated heterocycles. The first kappa shape index (κ1) is 18.1. The van der Waals surface area contributed by atoms with Crippen molar-refractivity contribution in [3.8, 4) is 0 Å². The van der Waals surface area contributed by atoms with E-state index in [2.05, 4.69) is 10.3 Å². The van der Waals surface area contributed by atoms with Gasteiger partial charge in [0.25, 0.3) is 0 Å². The molecule has 4 N–H and O–H groups in total. The van der Waals surface area contributed by atoms with Crippen molar-refractivity contribution in [1.82, 2.24) is 10.3 Å². The summed E-state index contributed by atoms with van der Waals surface area (Å²) in [6.07, 6.45) is -1.30. The molecule has 136 valence electrons. The minimum absolute atomic E-state index is 0.135. The molecule has 3 rings (SSSR count). The maximum absolute atomic E-state index is 12.8. The van der Waals surface area contributed by atoms with Crippen LogP contribution in [0.2, 0.25) is 0 Å². The van der Waals surface area contributed by atoms with Crippen LogP contribution in [0, 0.1) is 0 Å². The van der Waals surface area contributed by atoms with E-state index in [1.165, 1.54) is 0 Å². The minimum atomic E-state index is -1.17. The van der Waals surface area contributed by atoms with Crippen LogP contribution in [0.5, 0.6) is 0 Å². The Hall–Kier alpha value is -2.70. The Morgan fingerprint density at radius 3 is 2.58 bits per heavy atom. The van der Waals surface area contributed by atoms with Gasteiger partial charge in [-0.25, -0.2) is 0 Å². The molecule has 0 bridgehead atoms. The van der Waals surface area contributed by atoms with Gasteiger partial charge < -0.3 is 20.5 Å². The third kappa shape index (κ3) is 3.47. The van der Waals surface area contributed by atoms with E-state index in [0.717, 1.165) is 16.3 Å². The Bertz CT molecular complexity index is 975. The molecule has 0 aliphatic heterocycles. The molecule has 2 aromatic carbocycles. The topological polar surface area (TPSA) is 102 Å². The van der Waals surface area contributed by atoms with Crippen LogP contribution < -0.4 is 5.32 Å². The summed E-state index contributed by atoms with van der Waals surface area (Å²) in [6.45, 7) is 4.04. The highest BCUT2D eigenvalue weighted by molar-refractivity contribution is 6.17. The molecule has 1 aromatic heterocycles. The molecule has 0 spiro atoms. The molecule has 0 unspecified atom stereocenters. The number of carbonyl (C=O) groups is 2. The van der Waals surface area contributed by atoms with Crippen LogP contribution in [0.4, 0.5) is 0 Å². The average Bonchev–Trinajstić information content (AvgIpc) is 2.98. The number of para-hydroxylation sites is 1. The molecule has 0 fully saturated rings. The Morgan fingerprint density at radius 1 is 1.15 bits per heavy atom. The second-order valence-electron chi connectivity index (χ2n) is 6.71. The van der Waals surface area contributed by atoms with E-state index >= 15 is 0 Å². The molecule has 0 aliphatic rings. The number of Topliss-reactive ketones (excluding diaryl/α,β-unsaturated/α-hetero) is 1. The highest BCUT2D eigenvalue weighted by Gasteiger charge is 2.23. The number of nitrogens with one attached hydrogen (secondary N) is 2. The maximum Gasteiger partial charge on any atom is 0.307 e. The van der Waals surface area contributed by atoms with Gasteiger partial charge in [0.1, 0.15) is 6.10 Å². The molecule has 0 radical (unpaired) electrons. The van der Waals surface area contributed by atoms with Crippen molar-refractivity contribution in [3.05, 3.63) is 47.5 Å². The number of carboxylic acids is 1. The summed E-state index contributed by atoms with van der Waals surface area (Å²) in [6, 6.07) is 10.9. The molecule has 6 nitrogen and oxygen atoms in total. The maximum atomic E-state index is 12.8. The van der Waals surface area contributed by atoms with Crippen LogP contribution >= 0.6 is 0 Å². The summed E-state index contributed by atoms with van der Waals surface area (Å²) in [7, 11) is 0. The number of fused-ring (bicyclic) bond motifs is 3. The lowest BCUT2D eigenvalue weighted by Gasteiger charge is -2.14. The minimum Gasteiger partial charge on any atom is -0.481 e. The number of carboxylic acid groups (broad SMARTS) is 1. The summed E-state index contributed by atoms with van der Waals surface area (Å²) in [5.74, 6) is -1.33. The third-order valence-corrected chi connectivity index (χ3v) is 4.38. The van der Waals surface area contributed by atoms with Crippen molar-refractivity contribution in [2.75, 3.05) is 6.54 Å². The molecule has 3 aromatic rings. The quantitative estimate of drug-likeness (QED) is 0.488. The number of ketones is 1. The van der Waals surface area contributed by atoms with E-state index in [1.54, 1.807) is 12.1 Å². The van der Waals surface area contributed by atoms with Gasteiger partial charge in [-0.1, -0.05) is 38.1 Å². The largest absolute Gasteiger partial charge is 0.481 e. The standard InChI is InChI=1S/C20H22N2O4/c1-11(2)21-10-16(23)20(26)14-8-7-12(9-17(24)25)18-13-5-3-4-6-15(13)22-19(14)18/h3-8,11,16,21-23H,9-10H2,1-2H3,(H,24,25)/t16-/m1/s1. The molecule has 0 aliphatic carbocycles. The Kier molecular flexibility index (Phi) is 5.06. The molecule has 1 atom stereocenters. The van der Waals surface area contributed by atoms with Crippen LogP contribution in [0.25, 0.3) is 21.8 Å². The van der Waals surface area contributed by atoms with Gasteiger partial charge in [0, 0.05) is 34.4 Å². The summed E-state index contributed by atoms with van der Waals surface area (Å²) in [5.41, 5.74) is 2.39. The molecule has 0 saturated carbocycles. The van der Waals surface area contributed by atoms with Crippen molar-refractivity contribution in [2.24, 2.45) is 0 Å². The lowest BCUT2D eigenvalue weighted by atomic mass is 9.97. The van der Waals surface area contributed by atoms with E-state index < -0.39 is 17.9 Å².